The second-order valence-corrected chi connectivity index (χ2v) is 6.09. The highest BCUT2D eigenvalue weighted by molar-refractivity contribution is 5.06. The van der Waals surface area contributed by atoms with Crippen LogP contribution in [0.5, 0.6) is 0 Å². The fraction of sp³-hybridized carbons (Fsp3) is 0.786. The third kappa shape index (κ3) is 2.99. The van der Waals surface area contributed by atoms with Crippen molar-refractivity contribution in [1.29, 1.82) is 0 Å². The second kappa shape index (κ2) is 5.61. The van der Waals surface area contributed by atoms with Gasteiger partial charge in [-0.25, -0.2) is 0 Å². The minimum absolute atomic E-state index is 0.127. The van der Waals surface area contributed by atoms with E-state index in [2.05, 4.69) is 42.1 Å². The summed E-state index contributed by atoms with van der Waals surface area (Å²) < 4.78 is 1.86. The van der Waals surface area contributed by atoms with Crippen LogP contribution in [-0.4, -0.2) is 58.3 Å². The van der Waals surface area contributed by atoms with E-state index in [1.165, 1.54) is 5.56 Å². The number of rotatable bonds is 4. The van der Waals surface area contributed by atoms with E-state index < -0.39 is 0 Å². The van der Waals surface area contributed by atoms with Gasteiger partial charge in [0.05, 0.1) is 6.20 Å². The van der Waals surface area contributed by atoms with Crippen molar-refractivity contribution < 1.29 is 0 Å². The summed E-state index contributed by atoms with van der Waals surface area (Å²) in [6.45, 7) is 5.06. The summed E-state index contributed by atoms with van der Waals surface area (Å²) in [5.74, 6) is 0. The lowest BCUT2D eigenvalue weighted by atomic mass is 9.82. The van der Waals surface area contributed by atoms with Crippen LogP contribution in [0.15, 0.2) is 12.4 Å². The molecule has 1 aromatic heterocycles. The lowest BCUT2D eigenvalue weighted by molar-refractivity contribution is 0.0222. The van der Waals surface area contributed by atoms with Crippen LogP contribution in [0.25, 0.3) is 0 Å². The van der Waals surface area contributed by atoms with E-state index in [1.807, 2.05) is 17.9 Å². The number of hydrogen-bond acceptors (Lipinski definition) is 4. The Balaban J connectivity index is 2.08. The molecule has 1 aliphatic heterocycles. The first-order valence-corrected chi connectivity index (χ1v) is 7.06. The first-order chi connectivity index (χ1) is 8.97. The highest BCUT2D eigenvalue weighted by Gasteiger charge is 2.39. The number of hydrogen-bond donors (Lipinski definition) is 1. The molecule has 1 aliphatic rings. The lowest BCUT2D eigenvalue weighted by Gasteiger charge is -2.49. The Bertz CT molecular complexity index is 416. The number of likely N-dealkylation sites (tertiary alicyclic amines) is 1. The third-order valence-electron chi connectivity index (χ3n) is 4.73. The molecule has 2 rings (SSSR count). The van der Waals surface area contributed by atoms with Gasteiger partial charge in [0, 0.05) is 43.5 Å². The number of nitrogens with two attached hydrogens (primary N) is 1. The highest BCUT2D eigenvalue weighted by atomic mass is 15.3. The number of aryl methyl sites for hydroxylation is 1. The maximum absolute atomic E-state index is 6.12. The van der Waals surface area contributed by atoms with Gasteiger partial charge in [-0.2, -0.15) is 5.10 Å². The van der Waals surface area contributed by atoms with Crippen LogP contribution in [-0.2, 0) is 13.6 Å². The average Bonchev–Trinajstić information content (AvgIpc) is 2.78. The maximum atomic E-state index is 6.12. The van der Waals surface area contributed by atoms with Crippen LogP contribution in [0.4, 0.5) is 0 Å². The Labute approximate surface area is 116 Å². The Morgan fingerprint density at radius 1 is 1.53 bits per heavy atom. The minimum atomic E-state index is 0.127. The van der Waals surface area contributed by atoms with Gasteiger partial charge in [-0.05, 0) is 40.4 Å². The fourth-order valence-electron chi connectivity index (χ4n) is 3.10. The largest absolute Gasteiger partial charge is 0.329 e. The standard InChI is InChI=1S/C14H27N5/c1-12-7-14(11-15,5-6-17(12)2)18(3)9-13-8-16-19(4)10-13/h8,10,12H,5-7,9,11,15H2,1-4H3. The molecule has 0 saturated carbocycles. The van der Waals surface area contributed by atoms with Gasteiger partial charge in [0.1, 0.15) is 0 Å². The molecular weight excluding hydrogens is 238 g/mol. The van der Waals surface area contributed by atoms with Crippen LogP contribution in [0, 0.1) is 0 Å². The summed E-state index contributed by atoms with van der Waals surface area (Å²) in [7, 11) is 6.35. The monoisotopic (exact) mass is 265 g/mol. The summed E-state index contributed by atoms with van der Waals surface area (Å²) in [6.07, 6.45) is 6.30. The number of nitrogens with zero attached hydrogens (tertiary/aromatic N) is 4. The predicted octanol–water partition coefficient (Wildman–Crippen LogP) is 0.664. The predicted molar refractivity (Wildman–Crippen MR) is 77.8 cm³/mol. The van der Waals surface area contributed by atoms with Crippen molar-refractivity contribution in [3.8, 4) is 0 Å². The summed E-state index contributed by atoms with van der Waals surface area (Å²) >= 11 is 0. The molecule has 0 spiro atoms. The zero-order chi connectivity index (χ0) is 14.0. The first kappa shape index (κ1) is 14.5. The fourth-order valence-corrected chi connectivity index (χ4v) is 3.10. The van der Waals surface area contributed by atoms with E-state index in [4.69, 9.17) is 5.73 Å². The Kier molecular flexibility index (Phi) is 4.28. The topological polar surface area (TPSA) is 50.3 Å². The molecule has 0 aliphatic carbocycles. The van der Waals surface area contributed by atoms with Crippen molar-refractivity contribution in [2.75, 3.05) is 27.2 Å². The SMILES string of the molecule is CC1CC(CN)(N(C)Cc2cnn(C)c2)CCN1C. The molecule has 1 aromatic rings. The minimum Gasteiger partial charge on any atom is -0.329 e. The van der Waals surface area contributed by atoms with E-state index in [1.54, 1.807) is 0 Å². The van der Waals surface area contributed by atoms with E-state index in [9.17, 15) is 0 Å². The quantitative estimate of drug-likeness (QED) is 0.869. The van der Waals surface area contributed by atoms with Crippen molar-refractivity contribution in [3.05, 3.63) is 18.0 Å². The van der Waals surface area contributed by atoms with Crippen molar-refractivity contribution in [1.82, 2.24) is 19.6 Å². The number of likely N-dealkylation sites (N-methyl/N-ethyl adjacent to an activating group) is 1. The Morgan fingerprint density at radius 2 is 2.26 bits per heavy atom. The molecular formula is C14H27N5. The van der Waals surface area contributed by atoms with Crippen LogP contribution in [0.3, 0.4) is 0 Å². The third-order valence-corrected chi connectivity index (χ3v) is 4.73. The zero-order valence-corrected chi connectivity index (χ0v) is 12.6. The van der Waals surface area contributed by atoms with E-state index >= 15 is 0 Å². The Hall–Kier alpha value is -0.910. The number of piperidine rings is 1. The molecule has 108 valence electrons. The molecule has 1 saturated heterocycles. The summed E-state index contributed by atoms with van der Waals surface area (Å²) in [5, 5.41) is 4.24. The molecule has 5 nitrogen and oxygen atoms in total. The molecule has 0 amide bonds. The van der Waals surface area contributed by atoms with Crippen molar-refractivity contribution in [2.45, 2.75) is 37.9 Å². The molecule has 0 radical (unpaired) electrons. The van der Waals surface area contributed by atoms with Crippen molar-refractivity contribution in [2.24, 2.45) is 12.8 Å². The highest BCUT2D eigenvalue weighted by Crippen LogP contribution is 2.31. The van der Waals surface area contributed by atoms with Gasteiger partial charge in [-0.3, -0.25) is 9.58 Å². The van der Waals surface area contributed by atoms with Gasteiger partial charge in [0.15, 0.2) is 0 Å². The second-order valence-electron chi connectivity index (χ2n) is 6.09. The van der Waals surface area contributed by atoms with Crippen LogP contribution < -0.4 is 5.73 Å². The zero-order valence-electron chi connectivity index (χ0n) is 12.6. The van der Waals surface area contributed by atoms with Gasteiger partial charge < -0.3 is 10.6 Å². The summed E-state index contributed by atoms with van der Waals surface area (Å²) in [4.78, 5) is 4.85. The van der Waals surface area contributed by atoms with Gasteiger partial charge in [0.25, 0.3) is 0 Å². The first-order valence-electron chi connectivity index (χ1n) is 7.06. The summed E-state index contributed by atoms with van der Waals surface area (Å²) in [6, 6.07) is 0.591. The molecule has 5 heteroatoms. The van der Waals surface area contributed by atoms with Crippen LogP contribution in [0.2, 0.25) is 0 Å². The van der Waals surface area contributed by atoms with Crippen LogP contribution >= 0.6 is 0 Å². The van der Waals surface area contributed by atoms with Crippen LogP contribution in [0.1, 0.15) is 25.3 Å². The molecule has 0 aromatic carbocycles. The van der Waals surface area contributed by atoms with E-state index in [0.29, 0.717) is 6.04 Å². The molecule has 2 unspecified atom stereocenters. The average molecular weight is 265 g/mol. The molecule has 1 fully saturated rings. The normalized spacial score (nSPS) is 29.1. The number of aromatic nitrogens is 2. The molecule has 0 bridgehead atoms. The van der Waals surface area contributed by atoms with Crippen molar-refractivity contribution >= 4 is 0 Å². The van der Waals surface area contributed by atoms with E-state index in [0.717, 1.165) is 32.5 Å². The molecule has 2 N–H and O–H groups in total. The van der Waals surface area contributed by atoms with Gasteiger partial charge in [0.2, 0.25) is 0 Å². The van der Waals surface area contributed by atoms with Gasteiger partial charge in [-0.15, -0.1) is 0 Å². The Morgan fingerprint density at radius 3 is 2.79 bits per heavy atom. The van der Waals surface area contributed by atoms with Gasteiger partial charge >= 0.3 is 0 Å². The maximum Gasteiger partial charge on any atom is 0.0534 e. The molecule has 19 heavy (non-hydrogen) atoms. The van der Waals surface area contributed by atoms with E-state index in [-0.39, 0.29) is 5.54 Å². The van der Waals surface area contributed by atoms with Crippen molar-refractivity contribution in [3.63, 3.8) is 0 Å². The van der Waals surface area contributed by atoms with Gasteiger partial charge in [-0.1, -0.05) is 0 Å². The summed E-state index contributed by atoms with van der Waals surface area (Å²) in [5.41, 5.74) is 7.51. The molecule has 2 atom stereocenters. The lowest BCUT2D eigenvalue weighted by Crippen LogP contribution is -2.59. The smallest absolute Gasteiger partial charge is 0.0534 e. The molecule has 2 heterocycles.